The van der Waals surface area contributed by atoms with E-state index in [0.29, 0.717) is 19.1 Å². The van der Waals surface area contributed by atoms with E-state index in [0.717, 1.165) is 32.1 Å². The van der Waals surface area contributed by atoms with E-state index in [2.05, 4.69) is 5.32 Å². The fourth-order valence-corrected chi connectivity index (χ4v) is 4.34. The molecule has 0 spiro atoms. The Kier molecular flexibility index (Phi) is 4.06. The minimum atomic E-state index is -0.763. The van der Waals surface area contributed by atoms with Crippen LogP contribution in [0.2, 0.25) is 0 Å². The first kappa shape index (κ1) is 14.6. The van der Waals surface area contributed by atoms with Crippen LogP contribution in [0.1, 0.15) is 32.1 Å². The molecule has 118 valence electrons. The summed E-state index contributed by atoms with van der Waals surface area (Å²) in [6.07, 6.45) is 4.68. The Balaban J connectivity index is 1.62. The van der Waals surface area contributed by atoms with E-state index < -0.39 is 11.9 Å². The summed E-state index contributed by atoms with van der Waals surface area (Å²) in [5.41, 5.74) is 0. The van der Waals surface area contributed by atoms with Crippen molar-refractivity contribution in [3.8, 4) is 0 Å². The van der Waals surface area contributed by atoms with Gasteiger partial charge in [0.05, 0.1) is 5.92 Å². The normalized spacial score (nSPS) is 35.7. The first-order valence-electron chi connectivity index (χ1n) is 7.92. The highest BCUT2D eigenvalue weighted by molar-refractivity contribution is 5.77. The molecule has 1 heterocycles. The minimum Gasteiger partial charge on any atom is -0.481 e. The lowest BCUT2D eigenvalue weighted by atomic mass is 9.84. The van der Waals surface area contributed by atoms with E-state index in [1.54, 1.807) is 11.9 Å². The molecule has 0 radical (unpaired) electrons. The highest BCUT2D eigenvalue weighted by Crippen LogP contribution is 2.48. The Morgan fingerprint density at radius 3 is 2.48 bits per heavy atom. The molecule has 4 unspecified atom stereocenters. The fraction of sp³-hybridized carbons (Fsp3) is 0.867. The number of fused-ring (bicyclic) bond motifs is 2. The van der Waals surface area contributed by atoms with E-state index in [1.807, 2.05) is 0 Å². The van der Waals surface area contributed by atoms with Crippen molar-refractivity contribution in [2.45, 2.75) is 44.2 Å². The van der Waals surface area contributed by atoms with Crippen molar-refractivity contribution >= 4 is 12.0 Å². The number of carbonyl (C=O) groups excluding carboxylic acids is 1. The second-order valence-electron chi connectivity index (χ2n) is 6.63. The maximum Gasteiger partial charge on any atom is 0.317 e. The topological polar surface area (TPSA) is 78.9 Å². The van der Waals surface area contributed by atoms with Gasteiger partial charge in [0, 0.05) is 32.3 Å². The van der Waals surface area contributed by atoms with Gasteiger partial charge in [-0.05, 0) is 43.9 Å². The van der Waals surface area contributed by atoms with Crippen molar-refractivity contribution in [3.63, 3.8) is 0 Å². The average molecular weight is 296 g/mol. The molecular formula is C15H24N2O4. The van der Waals surface area contributed by atoms with Crippen LogP contribution in [-0.2, 0) is 9.53 Å². The predicted octanol–water partition coefficient (Wildman–Crippen LogP) is 1.31. The summed E-state index contributed by atoms with van der Waals surface area (Å²) in [7, 11) is 1.80. The smallest absolute Gasteiger partial charge is 0.317 e. The van der Waals surface area contributed by atoms with Gasteiger partial charge in [0.25, 0.3) is 0 Å². The molecular weight excluding hydrogens is 272 g/mol. The second kappa shape index (κ2) is 5.83. The Bertz CT molecular complexity index is 422. The predicted molar refractivity (Wildman–Crippen MR) is 75.9 cm³/mol. The number of carboxylic acid groups (broad SMARTS) is 1. The lowest BCUT2D eigenvalue weighted by Crippen LogP contribution is -2.53. The summed E-state index contributed by atoms with van der Waals surface area (Å²) in [6.45, 7) is 1.38. The molecule has 1 aliphatic heterocycles. The Labute approximate surface area is 124 Å². The molecule has 3 aliphatic rings. The van der Waals surface area contributed by atoms with Crippen molar-refractivity contribution in [1.82, 2.24) is 10.2 Å². The summed E-state index contributed by atoms with van der Waals surface area (Å²) in [4.78, 5) is 25.6. The molecule has 3 fully saturated rings. The fourth-order valence-electron chi connectivity index (χ4n) is 4.34. The van der Waals surface area contributed by atoms with E-state index in [9.17, 15) is 14.7 Å². The molecule has 4 atom stereocenters. The molecule has 2 saturated carbocycles. The summed E-state index contributed by atoms with van der Waals surface area (Å²) >= 11 is 0. The summed E-state index contributed by atoms with van der Waals surface area (Å²) in [6, 6.07) is -0.137. The van der Waals surface area contributed by atoms with Gasteiger partial charge in [-0.2, -0.15) is 0 Å². The number of nitrogens with one attached hydrogen (secondary N) is 1. The Hall–Kier alpha value is -1.30. The second-order valence-corrected chi connectivity index (χ2v) is 6.63. The molecule has 2 aliphatic carbocycles. The third-order valence-electron chi connectivity index (χ3n) is 5.55. The number of ether oxygens (including phenoxy) is 1. The van der Waals surface area contributed by atoms with Gasteiger partial charge in [-0.3, -0.25) is 4.79 Å². The van der Waals surface area contributed by atoms with Crippen LogP contribution in [0, 0.1) is 17.8 Å². The number of nitrogens with zero attached hydrogens (tertiary/aromatic N) is 1. The molecule has 3 rings (SSSR count). The lowest BCUT2D eigenvalue weighted by molar-refractivity contribution is -0.144. The maximum absolute atomic E-state index is 12.4. The number of hydrogen-bond donors (Lipinski definition) is 2. The first-order valence-corrected chi connectivity index (χ1v) is 7.92. The van der Waals surface area contributed by atoms with E-state index in [1.165, 1.54) is 0 Å². The standard InChI is InChI=1S/C15H24N2O4/c1-17(11-4-6-21-7-5-11)15(20)16-13-10-3-2-9(8-10)12(13)14(18)19/h9-13H,2-8H2,1H3,(H,16,20)(H,18,19). The number of carboxylic acids is 1. The van der Waals surface area contributed by atoms with Gasteiger partial charge in [0.15, 0.2) is 0 Å². The van der Waals surface area contributed by atoms with Crippen LogP contribution in [0.25, 0.3) is 0 Å². The van der Waals surface area contributed by atoms with Crippen LogP contribution in [0.15, 0.2) is 0 Å². The van der Waals surface area contributed by atoms with Gasteiger partial charge in [0.1, 0.15) is 0 Å². The highest BCUT2D eigenvalue weighted by Gasteiger charge is 2.51. The van der Waals surface area contributed by atoms with Gasteiger partial charge in [-0.1, -0.05) is 0 Å². The number of aliphatic carboxylic acids is 1. The van der Waals surface area contributed by atoms with E-state index >= 15 is 0 Å². The van der Waals surface area contributed by atoms with Crippen LogP contribution in [0.3, 0.4) is 0 Å². The molecule has 2 N–H and O–H groups in total. The van der Waals surface area contributed by atoms with Crippen molar-refractivity contribution in [2.24, 2.45) is 17.8 Å². The summed E-state index contributed by atoms with van der Waals surface area (Å²) in [5, 5.41) is 12.4. The molecule has 0 aromatic carbocycles. The highest BCUT2D eigenvalue weighted by atomic mass is 16.5. The van der Waals surface area contributed by atoms with Crippen LogP contribution >= 0.6 is 0 Å². The minimum absolute atomic E-state index is 0.134. The largest absolute Gasteiger partial charge is 0.481 e. The van der Waals surface area contributed by atoms with Gasteiger partial charge in [-0.15, -0.1) is 0 Å². The van der Waals surface area contributed by atoms with Gasteiger partial charge >= 0.3 is 12.0 Å². The van der Waals surface area contributed by atoms with Gasteiger partial charge in [-0.25, -0.2) is 4.79 Å². The number of hydrogen-bond acceptors (Lipinski definition) is 3. The van der Waals surface area contributed by atoms with E-state index in [4.69, 9.17) is 4.74 Å². The third-order valence-corrected chi connectivity index (χ3v) is 5.55. The Morgan fingerprint density at radius 1 is 1.14 bits per heavy atom. The third kappa shape index (κ3) is 2.73. The monoisotopic (exact) mass is 296 g/mol. The van der Waals surface area contributed by atoms with Gasteiger partial charge in [0.2, 0.25) is 0 Å². The van der Waals surface area contributed by atoms with E-state index in [-0.39, 0.29) is 24.0 Å². The van der Waals surface area contributed by atoms with Crippen molar-refractivity contribution in [3.05, 3.63) is 0 Å². The number of amides is 2. The summed E-state index contributed by atoms with van der Waals surface area (Å²) < 4.78 is 5.32. The van der Waals surface area contributed by atoms with Crippen molar-refractivity contribution in [1.29, 1.82) is 0 Å². The maximum atomic E-state index is 12.4. The van der Waals surface area contributed by atoms with Gasteiger partial charge < -0.3 is 20.1 Å². The lowest BCUT2D eigenvalue weighted by Gasteiger charge is -2.35. The number of carbonyl (C=O) groups is 2. The number of rotatable bonds is 3. The van der Waals surface area contributed by atoms with Crippen LogP contribution in [0.5, 0.6) is 0 Å². The first-order chi connectivity index (χ1) is 10.1. The average Bonchev–Trinajstić information content (AvgIpc) is 3.08. The zero-order chi connectivity index (χ0) is 15.0. The summed E-state index contributed by atoms with van der Waals surface area (Å²) in [5.74, 6) is -0.591. The van der Waals surface area contributed by atoms with Crippen LogP contribution in [-0.4, -0.2) is 54.4 Å². The van der Waals surface area contributed by atoms with Crippen molar-refractivity contribution < 1.29 is 19.4 Å². The SMILES string of the molecule is CN(C(=O)NC1C2CCC(C2)C1C(=O)O)C1CCOCC1. The quantitative estimate of drug-likeness (QED) is 0.823. The van der Waals surface area contributed by atoms with Crippen molar-refractivity contribution in [2.75, 3.05) is 20.3 Å². The molecule has 6 heteroatoms. The molecule has 0 aromatic heterocycles. The van der Waals surface area contributed by atoms with Crippen LogP contribution < -0.4 is 5.32 Å². The molecule has 1 saturated heterocycles. The molecule has 2 amide bonds. The zero-order valence-corrected chi connectivity index (χ0v) is 12.5. The molecule has 2 bridgehead atoms. The zero-order valence-electron chi connectivity index (χ0n) is 12.5. The Morgan fingerprint density at radius 2 is 1.81 bits per heavy atom. The van der Waals surface area contributed by atoms with Crippen LogP contribution in [0.4, 0.5) is 4.79 Å². The molecule has 21 heavy (non-hydrogen) atoms. The molecule has 0 aromatic rings. The number of urea groups is 1. The molecule has 6 nitrogen and oxygen atoms in total.